The number of morpholine rings is 1. The maximum absolute atomic E-state index is 13.5. The standard InChI is InChI=1S/C24H28N2O5S/c1-14-10-15(2)12-19(11-14)25-32(28,29)23-17(4)16(3)13-20-18(5)21(31-22(20)23)24(27)26-6-8-30-9-7-26/h10-13,25H,6-9H2,1-5H3. The highest BCUT2D eigenvalue weighted by Gasteiger charge is 2.30. The summed E-state index contributed by atoms with van der Waals surface area (Å²) in [4.78, 5) is 14.8. The number of hydrogen-bond donors (Lipinski definition) is 1. The number of carbonyl (C=O) groups is 1. The second-order valence-electron chi connectivity index (χ2n) is 8.47. The summed E-state index contributed by atoms with van der Waals surface area (Å²) in [7, 11) is -3.97. The molecule has 0 atom stereocenters. The fourth-order valence-electron chi connectivity index (χ4n) is 4.22. The van der Waals surface area contributed by atoms with E-state index >= 15 is 0 Å². The molecule has 0 bridgehead atoms. The number of anilines is 1. The van der Waals surface area contributed by atoms with E-state index in [-0.39, 0.29) is 22.1 Å². The SMILES string of the molecule is Cc1cc(C)cc(NS(=O)(=O)c2c(C)c(C)cc3c(C)c(C(=O)N4CCOCC4)oc23)c1. The van der Waals surface area contributed by atoms with E-state index in [1.54, 1.807) is 30.9 Å². The summed E-state index contributed by atoms with van der Waals surface area (Å²) in [5.41, 5.74) is 4.66. The number of rotatable bonds is 4. The van der Waals surface area contributed by atoms with Crippen molar-refractivity contribution in [1.82, 2.24) is 4.90 Å². The molecule has 1 aliphatic rings. The monoisotopic (exact) mass is 456 g/mol. The van der Waals surface area contributed by atoms with Crippen LogP contribution >= 0.6 is 0 Å². The van der Waals surface area contributed by atoms with Crippen molar-refractivity contribution < 1.29 is 22.4 Å². The van der Waals surface area contributed by atoms with Crippen LogP contribution in [0.25, 0.3) is 11.0 Å². The van der Waals surface area contributed by atoms with E-state index in [0.717, 1.165) is 16.7 Å². The van der Waals surface area contributed by atoms with E-state index in [1.165, 1.54) is 0 Å². The maximum Gasteiger partial charge on any atom is 0.290 e. The van der Waals surface area contributed by atoms with Crippen molar-refractivity contribution in [2.24, 2.45) is 0 Å². The fraction of sp³-hybridized carbons (Fsp3) is 0.375. The number of furan rings is 1. The average molecular weight is 457 g/mol. The number of aryl methyl sites for hydroxylation is 4. The topological polar surface area (TPSA) is 88.9 Å². The molecule has 4 rings (SSSR count). The van der Waals surface area contributed by atoms with Crippen LogP contribution in [0.2, 0.25) is 0 Å². The third-order valence-electron chi connectivity index (χ3n) is 5.93. The molecule has 8 heteroatoms. The molecule has 0 saturated carbocycles. The van der Waals surface area contributed by atoms with E-state index in [4.69, 9.17) is 9.15 Å². The lowest BCUT2D eigenvalue weighted by Crippen LogP contribution is -2.40. The van der Waals surface area contributed by atoms with Crippen molar-refractivity contribution in [1.29, 1.82) is 0 Å². The molecule has 1 aliphatic heterocycles. The van der Waals surface area contributed by atoms with Gasteiger partial charge in [0, 0.05) is 29.7 Å². The number of benzene rings is 2. The minimum atomic E-state index is -3.97. The first-order chi connectivity index (χ1) is 15.1. The van der Waals surface area contributed by atoms with Crippen LogP contribution in [0.1, 0.15) is 38.4 Å². The normalized spacial score (nSPS) is 14.7. The lowest BCUT2D eigenvalue weighted by atomic mass is 10.0. The molecular weight excluding hydrogens is 428 g/mol. The van der Waals surface area contributed by atoms with Gasteiger partial charge in [-0.3, -0.25) is 9.52 Å². The number of ether oxygens (including phenoxy) is 1. The van der Waals surface area contributed by atoms with Crippen molar-refractivity contribution in [2.45, 2.75) is 39.5 Å². The molecule has 1 fully saturated rings. The van der Waals surface area contributed by atoms with Crippen LogP contribution in [-0.2, 0) is 14.8 Å². The van der Waals surface area contributed by atoms with Crippen LogP contribution in [0.5, 0.6) is 0 Å². The van der Waals surface area contributed by atoms with E-state index in [2.05, 4.69) is 4.72 Å². The largest absolute Gasteiger partial charge is 0.449 e. The summed E-state index contributed by atoms with van der Waals surface area (Å²) in [6.07, 6.45) is 0. The summed E-state index contributed by atoms with van der Waals surface area (Å²) >= 11 is 0. The molecule has 0 spiro atoms. The van der Waals surface area contributed by atoms with Gasteiger partial charge in [0.2, 0.25) is 0 Å². The highest BCUT2D eigenvalue weighted by Crippen LogP contribution is 2.36. The predicted octanol–water partition coefficient (Wildman–Crippen LogP) is 4.25. The zero-order valence-corrected chi connectivity index (χ0v) is 19.9. The smallest absolute Gasteiger partial charge is 0.290 e. The number of nitrogens with zero attached hydrogens (tertiary/aromatic N) is 1. The highest BCUT2D eigenvalue weighted by atomic mass is 32.2. The molecule has 0 radical (unpaired) electrons. The van der Waals surface area contributed by atoms with E-state index in [1.807, 2.05) is 32.9 Å². The van der Waals surface area contributed by atoms with Crippen LogP contribution in [0.15, 0.2) is 33.6 Å². The number of fused-ring (bicyclic) bond motifs is 1. The van der Waals surface area contributed by atoms with Gasteiger partial charge < -0.3 is 14.1 Å². The molecule has 2 heterocycles. The van der Waals surface area contributed by atoms with Crippen molar-refractivity contribution in [3.05, 3.63) is 57.8 Å². The Labute approximate surface area is 188 Å². The van der Waals surface area contributed by atoms with Gasteiger partial charge in [0.15, 0.2) is 11.3 Å². The summed E-state index contributed by atoms with van der Waals surface area (Å²) < 4.78 is 41.1. The molecule has 2 aromatic carbocycles. The lowest BCUT2D eigenvalue weighted by molar-refractivity contribution is 0.0283. The third-order valence-corrected chi connectivity index (χ3v) is 7.46. The second kappa shape index (κ2) is 8.26. The van der Waals surface area contributed by atoms with Gasteiger partial charge >= 0.3 is 0 Å². The average Bonchev–Trinajstić information content (AvgIpc) is 3.03. The molecule has 32 heavy (non-hydrogen) atoms. The van der Waals surface area contributed by atoms with Crippen LogP contribution in [0.4, 0.5) is 5.69 Å². The first kappa shape index (κ1) is 22.4. The zero-order chi connectivity index (χ0) is 23.2. The van der Waals surface area contributed by atoms with Crippen LogP contribution in [0.3, 0.4) is 0 Å². The quantitative estimate of drug-likeness (QED) is 0.634. The molecule has 1 amide bonds. The van der Waals surface area contributed by atoms with Gasteiger partial charge in [-0.25, -0.2) is 8.42 Å². The van der Waals surface area contributed by atoms with E-state index in [9.17, 15) is 13.2 Å². The fourth-order valence-corrected chi connectivity index (χ4v) is 5.71. The van der Waals surface area contributed by atoms with Crippen molar-refractivity contribution in [3.8, 4) is 0 Å². The first-order valence-electron chi connectivity index (χ1n) is 10.6. The summed E-state index contributed by atoms with van der Waals surface area (Å²) in [5, 5.41) is 0.630. The number of nitrogens with one attached hydrogen (secondary N) is 1. The minimum absolute atomic E-state index is 0.0655. The van der Waals surface area contributed by atoms with Crippen LogP contribution in [-0.4, -0.2) is 45.5 Å². The van der Waals surface area contributed by atoms with Gasteiger partial charge in [-0.1, -0.05) is 6.07 Å². The number of carbonyl (C=O) groups excluding carboxylic acids is 1. The minimum Gasteiger partial charge on any atom is -0.449 e. The molecular formula is C24H28N2O5S. The molecule has 170 valence electrons. The highest BCUT2D eigenvalue weighted by molar-refractivity contribution is 7.93. The Hall–Kier alpha value is -2.84. The Balaban J connectivity index is 1.85. The molecule has 0 aliphatic carbocycles. The number of hydrogen-bond acceptors (Lipinski definition) is 5. The summed E-state index contributed by atoms with van der Waals surface area (Å²) in [6.45, 7) is 11.2. The van der Waals surface area contributed by atoms with Crippen molar-refractivity contribution in [2.75, 3.05) is 31.0 Å². The molecule has 7 nitrogen and oxygen atoms in total. The van der Waals surface area contributed by atoms with E-state index < -0.39 is 10.0 Å². The number of amides is 1. The Morgan fingerprint density at radius 2 is 1.56 bits per heavy atom. The van der Waals surface area contributed by atoms with Gasteiger partial charge in [-0.05, 0) is 75.1 Å². The van der Waals surface area contributed by atoms with Crippen LogP contribution in [0, 0.1) is 34.6 Å². The Kier molecular flexibility index (Phi) is 5.77. The third kappa shape index (κ3) is 4.00. The van der Waals surface area contributed by atoms with Crippen LogP contribution < -0.4 is 4.72 Å². The molecule has 0 unspecified atom stereocenters. The van der Waals surface area contributed by atoms with Gasteiger partial charge in [0.1, 0.15) is 4.90 Å². The van der Waals surface area contributed by atoms with Gasteiger partial charge in [0.25, 0.3) is 15.9 Å². The summed E-state index contributed by atoms with van der Waals surface area (Å²) in [6, 6.07) is 7.43. The van der Waals surface area contributed by atoms with Gasteiger partial charge in [0.05, 0.1) is 13.2 Å². The second-order valence-corrected chi connectivity index (χ2v) is 10.1. The number of sulfonamides is 1. The Bertz CT molecular complexity index is 1300. The molecule has 1 saturated heterocycles. The molecule has 3 aromatic rings. The van der Waals surface area contributed by atoms with Gasteiger partial charge in [-0.2, -0.15) is 0 Å². The van der Waals surface area contributed by atoms with Gasteiger partial charge in [-0.15, -0.1) is 0 Å². The maximum atomic E-state index is 13.5. The Morgan fingerprint density at radius 1 is 0.938 bits per heavy atom. The summed E-state index contributed by atoms with van der Waals surface area (Å²) in [5.74, 6) is -0.0716. The predicted molar refractivity (Wildman–Crippen MR) is 124 cm³/mol. The van der Waals surface area contributed by atoms with E-state index in [0.29, 0.717) is 48.5 Å². The molecule has 1 aromatic heterocycles. The first-order valence-corrected chi connectivity index (χ1v) is 12.1. The molecule has 1 N–H and O–H groups in total. The lowest BCUT2D eigenvalue weighted by Gasteiger charge is -2.26. The Morgan fingerprint density at radius 3 is 2.19 bits per heavy atom. The van der Waals surface area contributed by atoms with Crippen molar-refractivity contribution >= 4 is 32.6 Å². The zero-order valence-electron chi connectivity index (χ0n) is 19.0. The van der Waals surface area contributed by atoms with Crippen molar-refractivity contribution in [3.63, 3.8) is 0 Å².